The minimum absolute atomic E-state index is 0.142. The fourth-order valence-electron chi connectivity index (χ4n) is 1.56. The van der Waals surface area contributed by atoms with Crippen LogP contribution >= 0.6 is 27.5 Å². The maximum absolute atomic E-state index is 12.0. The highest BCUT2D eigenvalue weighted by Gasteiger charge is 2.07. The van der Waals surface area contributed by atoms with E-state index in [-0.39, 0.29) is 5.91 Å². The summed E-state index contributed by atoms with van der Waals surface area (Å²) in [5.41, 5.74) is 2.36. The molecule has 0 bridgehead atoms. The Labute approximate surface area is 119 Å². The lowest BCUT2D eigenvalue weighted by molar-refractivity contribution is 0.102. The van der Waals surface area contributed by atoms with E-state index in [9.17, 15) is 4.79 Å². The molecule has 4 heteroatoms. The van der Waals surface area contributed by atoms with Crippen molar-refractivity contribution in [3.8, 4) is 0 Å². The van der Waals surface area contributed by atoms with Gasteiger partial charge in [-0.15, -0.1) is 0 Å². The molecule has 1 N–H and O–H groups in total. The SMILES string of the molecule is Cc1cccc(C(=O)Nc2ccc(Br)c(Cl)c2)c1. The molecule has 0 atom stereocenters. The highest BCUT2D eigenvalue weighted by atomic mass is 79.9. The van der Waals surface area contributed by atoms with Crippen LogP contribution in [0, 0.1) is 6.92 Å². The van der Waals surface area contributed by atoms with Gasteiger partial charge >= 0.3 is 0 Å². The van der Waals surface area contributed by atoms with E-state index >= 15 is 0 Å². The summed E-state index contributed by atoms with van der Waals surface area (Å²) in [5.74, 6) is -0.142. The molecule has 0 aliphatic heterocycles. The Morgan fingerprint density at radius 1 is 1.22 bits per heavy atom. The first-order chi connectivity index (χ1) is 8.56. The molecule has 0 aliphatic rings. The number of carbonyl (C=O) groups is 1. The molecule has 2 aromatic rings. The summed E-state index contributed by atoms with van der Waals surface area (Å²) < 4.78 is 0.803. The fourth-order valence-corrected chi connectivity index (χ4v) is 1.99. The zero-order valence-corrected chi connectivity index (χ0v) is 12.0. The molecule has 0 aromatic heterocycles. The van der Waals surface area contributed by atoms with E-state index in [0.717, 1.165) is 10.0 Å². The zero-order chi connectivity index (χ0) is 13.1. The van der Waals surface area contributed by atoms with Crippen molar-refractivity contribution in [2.24, 2.45) is 0 Å². The second-order valence-electron chi connectivity index (χ2n) is 3.95. The molecule has 0 heterocycles. The van der Waals surface area contributed by atoms with Gasteiger partial charge in [0.05, 0.1) is 5.02 Å². The minimum atomic E-state index is -0.142. The lowest BCUT2D eigenvalue weighted by atomic mass is 10.1. The molecule has 92 valence electrons. The Morgan fingerprint density at radius 2 is 2.00 bits per heavy atom. The summed E-state index contributed by atoms with van der Waals surface area (Å²) in [6, 6.07) is 12.7. The normalized spacial score (nSPS) is 10.2. The third kappa shape index (κ3) is 3.12. The van der Waals surface area contributed by atoms with Crippen LogP contribution in [0.2, 0.25) is 5.02 Å². The molecule has 0 fully saturated rings. The molecule has 0 saturated carbocycles. The Bertz CT molecular complexity index is 598. The van der Waals surface area contributed by atoms with E-state index in [1.54, 1.807) is 24.3 Å². The number of anilines is 1. The standard InChI is InChI=1S/C14H11BrClNO/c1-9-3-2-4-10(7-9)14(18)17-11-5-6-12(15)13(16)8-11/h2-8H,1H3,(H,17,18). The number of hydrogen-bond acceptors (Lipinski definition) is 1. The quantitative estimate of drug-likeness (QED) is 0.855. The van der Waals surface area contributed by atoms with Crippen molar-refractivity contribution in [3.05, 3.63) is 63.1 Å². The molecule has 2 aromatic carbocycles. The maximum Gasteiger partial charge on any atom is 0.255 e. The number of rotatable bonds is 2. The van der Waals surface area contributed by atoms with E-state index in [2.05, 4.69) is 21.2 Å². The second-order valence-corrected chi connectivity index (χ2v) is 5.21. The topological polar surface area (TPSA) is 29.1 Å². The molecular weight excluding hydrogens is 314 g/mol. The third-order valence-electron chi connectivity index (χ3n) is 2.46. The number of aryl methyl sites for hydroxylation is 1. The predicted octanol–water partition coefficient (Wildman–Crippen LogP) is 4.66. The highest BCUT2D eigenvalue weighted by Crippen LogP contribution is 2.25. The van der Waals surface area contributed by atoms with Gasteiger partial charge in [-0.1, -0.05) is 29.3 Å². The van der Waals surface area contributed by atoms with Crippen molar-refractivity contribution >= 4 is 39.1 Å². The Hall–Kier alpha value is -1.32. The van der Waals surface area contributed by atoms with Crippen molar-refractivity contribution < 1.29 is 4.79 Å². The van der Waals surface area contributed by atoms with Gasteiger partial charge in [0, 0.05) is 15.7 Å². The van der Waals surface area contributed by atoms with Crippen molar-refractivity contribution in [3.63, 3.8) is 0 Å². The van der Waals surface area contributed by atoms with Crippen molar-refractivity contribution in [2.75, 3.05) is 5.32 Å². The van der Waals surface area contributed by atoms with Gasteiger partial charge in [-0.3, -0.25) is 4.79 Å². The Kier molecular flexibility index (Phi) is 4.04. The molecule has 0 radical (unpaired) electrons. The van der Waals surface area contributed by atoms with Crippen LogP contribution in [0.25, 0.3) is 0 Å². The number of carbonyl (C=O) groups excluding carboxylic acids is 1. The van der Waals surface area contributed by atoms with E-state index < -0.39 is 0 Å². The van der Waals surface area contributed by atoms with Crippen LogP contribution in [0.15, 0.2) is 46.9 Å². The summed E-state index contributed by atoms with van der Waals surface area (Å²) in [6.45, 7) is 1.95. The maximum atomic E-state index is 12.0. The first-order valence-electron chi connectivity index (χ1n) is 5.39. The summed E-state index contributed by atoms with van der Waals surface area (Å²) in [5, 5.41) is 3.38. The first kappa shape index (κ1) is 13.1. The van der Waals surface area contributed by atoms with Crippen molar-refractivity contribution in [1.29, 1.82) is 0 Å². The summed E-state index contributed by atoms with van der Waals surface area (Å²) in [6.07, 6.45) is 0. The van der Waals surface area contributed by atoms with E-state index in [1.165, 1.54) is 0 Å². The fraction of sp³-hybridized carbons (Fsp3) is 0.0714. The van der Waals surface area contributed by atoms with Crippen LogP contribution in [-0.2, 0) is 0 Å². The highest BCUT2D eigenvalue weighted by molar-refractivity contribution is 9.10. The molecule has 2 nitrogen and oxygen atoms in total. The van der Waals surface area contributed by atoms with E-state index in [0.29, 0.717) is 16.3 Å². The number of benzene rings is 2. The van der Waals surface area contributed by atoms with Crippen LogP contribution in [0.3, 0.4) is 0 Å². The van der Waals surface area contributed by atoms with E-state index in [1.807, 2.05) is 25.1 Å². The van der Waals surface area contributed by atoms with Crippen LogP contribution in [0.4, 0.5) is 5.69 Å². The van der Waals surface area contributed by atoms with E-state index in [4.69, 9.17) is 11.6 Å². The molecule has 0 spiro atoms. The third-order valence-corrected chi connectivity index (χ3v) is 3.69. The second kappa shape index (κ2) is 5.55. The molecular formula is C14H11BrClNO. The molecule has 0 aliphatic carbocycles. The smallest absolute Gasteiger partial charge is 0.255 e. The molecule has 0 saturated heterocycles. The van der Waals surface area contributed by atoms with Crippen LogP contribution < -0.4 is 5.32 Å². The van der Waals surface area contributed by atoms with Gasteiger partial charge in [0.2, 0.25) is 0 Å². The Morgan fingerprint density at radius 3 is 2.67 bits per heavy atom. The largest absolute Gasteiger partial charge is 0.322 e. The molecule has 0 unspecified atom stereocenters. The first-order valence-corrected chi connectivity index (χ1v) is 6.56. The molecule has 18 heavy (non-hydrogen) atoms. The van der Waals surface area contributed by atoms with Crippen LogP contribution in [0.1, 0.15) is 15.9 Å². The number of halogens is 2. The van der Waals surface area contributed by atoms with Gasteiger partial charge in [-0.25, -0.2) is 0 Å². The van der Waals surface area contributed by atoms with Gasteiger partial charge in [0.15, 0.2) is 0 Å². The summed E-state index contributed by atoms with van der Waals surface area (Å²) in [4.78, 5) is 12.0. The lowest BCUT2D eigenvalue weighted by Crippen LogP contribution is -2.11. The molecule has 1 amide bonds. The monoisotopic (exact) mass is 323 g/mol. The summed E-state index contributed by atoms with van der Waals surface area (Å²) in [7, 11) is 0. The lowest BCUT2D eigenvalue weighted by Gasteiger charge is -2.07. The average Bonchev–Trinajstić information content (AvgIpc) is 2.34. The predicted molar refractivity (Wildman–Crippen MR) is 78.3 cm³/mol. The number of amides is 1. The average molecular weight is 325 g/mol. The van der Waals surface area contributed by atoms with Crippen molar-refractivity contribution in [1.82, 2.24) is 0 Å². The van der Waals surface area contributed by atoms with Gasteiger partial charge in [-0.05, 0) is 53.2 Å². The number of nitrogens with one attached hydrogen (secondary N) is 1. The summed E-state index contributed by atoms with van der Waals surface area (Å²) >= 11 is 9.28. The van der Waals surface area contributed by atoms with Crippen LogP contribution in [-0.4, -0.2) is 5.91 Å². The Balaban J connectivity index is 2.18. The molecule has 2 rings (SSSR count). The minimum Gasteiger partial charge on any atom is -0.322 e. The van der Waals surface area contributed by atoms with Crippen LogP contribution in [0.5, 0.6) is 0 Å². The zero-order valence-electron chi connectivity index (χ0n) is 9.71. The van der Waals surface area contributed by atoms with Gasteiger partial charge in [0.25, 0.3) is 5.91 Å². The van der Waals surface area contributed by atoms with Crippen molar-refractivity contribution in [2.45, 2.75) is 6.92 Å². The van der Waals surface area contributed by atoms with Gasteiger partial charge < -0.3 is 5.32 Å². The number of hydrogen-bond donors (Lipinski definition) is 1. The van der Waals surface area contributed by atoms with Gasteiger partial charge in [-0.2, -0.15) is 0 Å². The van der Waals surface area contributed by atoms with Gasteiger partial charge in [0.1, 0.15) is 0 Å².